The van der Waals surface area contributed by atoms with E-state index in [1.807, 2.05) is 33.0 Å². The predicted molar refractivity (Wildman–Crippen MR) is 113 cm³/mol. The molecule has 0 radical (unpaired) electrons. The molecular formula is C21H33N5O. The maximum atomic E-state index is 5.92. The molecule has 2 aromatic rings. The molecule has 2 heterocycles. The van der Waals surface area contributed by atoms with E-state index >= 15 is 0 Å². The molecule has 0 fully saturated rings. The normalized spacial score (nSPS) is 10.8. The van der Waals surface area contributed by atoms with Crippen molar-refractivity contribution in [2.45, 2.75) is 53.4 Å². The van der Waals surface area contributed by atoms with Crippen molar-refractivity contribution in [2.75, 3.05) is 38.0 Å². The second kappa shape index (κ2) is 9.53. The fraction of sp³-hybridized carbons (Fsp3) is 0.571. The smallest absolute Gasteiger partial charge is 0.257 e. The largest absolute Gasteiger partial charge is 0.475 e. The molecule has 148 valence electrons. The van der Waals surface area contributed by atoms with Gasteiger partial charge in [-0.05, 0) is 38.3 Å². The molecule has 0 spiro atoms. The van der Waals surface area contributed by atoms with Gasteiger partial charge in [0.25, 0.3) is 5.88 Å². The van der Waals surface area contributed by atoms with Crippen molar-refractivity contribution in [3.05, 3.63) is 23.0 Å². The summed E-state index contributed by atoms with van der Waals surface area (Å²) in [7, 11) is 5.86. The zero-order chi connectivity index (χ0) is 20.0. The lowest BCUT2D eigenvalue weighted by Crippen LogP contribution is -2.13. The summed E-state index contributed by atoms with van der Waals surface area (Å²) in [5.41, 5.74) is 4.98. The number of nitrogens with zero attached hydrogens (tertiary/aromatic N) is 4. The summed E-state index contributed by atoms with van der Waals surface area (Å²) in [6, 6.07) is 2.09. The van der Waals surface area contributed by atoms with E-state index < -0.39 is 0 Å². The van der Waals surface area contributed by atoms with Crippen LogP contribution in [0.1, 0.15) is 50.1 Å². The topological polar surface area (TPSA) is 63.2 Å². The number of pyridine rings is 1. The van der Waals surface area contributed by atoms with Gasteiger partial charge in [0.05, 0.1) is 18.0 Å². The fourth-order valence-electron chi connectivity index (χ4n) is 3.08. The first-order chi connectivity index (χ1) is 12.9. The van der Waals surface area contributed by atoms with E-state index in [1.165, 1.54) is 6.42 Å². The van der Waals surface area contributed by atoms with Crippen LogP contribution in [0.5, 0.6) is 5.88 Å². The monoisotopic (exact) mass is 371 g/mol. The minimum Gasteiger partial charge on any atom is -0.475 e. The number of hydrogen-bond acceptors (Lipinski definition) is 6. The minimum atomic E-state index is 0.586. The van der Waals surface area contributed by atoms with Crippen molar-refractivity contribution in [3.8, 4) is 17.1 Å². The predicted octanol–water partition coefficient (Wildman–Crippen LogP) is 4.39. The van der Waals surface area contributed by atoms with Gasteiger partial charge in [0.1, 0.15) is 5.82 Å². The Labute approximate surface area is 163 Å². The molecule has 0 aromatic carbocycles. The van der Waals surface area contributed by atoms with Crippen LogP contribution in [-0.2, 0) is 6.42 Å². The number of hydrogen-bond donors (Lipinski definition) is 1. The van der Waals surface area contributed by atoms with Crippen LogP contribution >= 0.6 is 0 Å². The lowest BCUT2D eigenvalue weighted by Gasteiger charge is -2.19. The average Bonchev–Trinajstić information content (AvgIpc) is 2.64. The zero-order valence-electron chi connectivity index (χ0n) is 17.8. The minimum absolute atomic E-state index is 0.586. The van der Waals surface area contributed by atoms with Gasteiger partial charge in [-0.1, -0.05) is 26.7 Å². The lowest BCUT2D eigenvalue weighted by molar-refractivity contribution is 0.294. The molecule has 0 unspecified atom stereocenters. The van der Waals surface area contributed by atoms with Gasteiger partial charge < -0.3 is 15.0 Å². The van der Waals surface area contributed by atoms with Crippen molar-refractivity contribution >= 4 is 11.6 Å². The maximum Gasteiger partial charge on any atom is 0.257 e. The van der Waals surface area contributed by atoms with Gasteiger partial charge in [0.15, 0.2) is 5.82 Å². The Morgan fingerprint density at radius 1 is 1.07 bits per heavy atom. The summed E-state index contributed by atoms with van der Waals surface area (Å²) in [6.45, 7) is 9.08. The van der Waals surface area contributed by atoms with Crippen molar-refractivity contribution in [2.24, 2.45) is 0 Å². The molecule has 0 saturated heterocycles. The highest BCUT2D eigenvalue weighted by molar-refractivity contribution is 5.72. The van der Waals surface area contributed by atoms with Crippen LogP contribution in [0.25, 0.3) is 11.3 Å². The fourth-order valence-corrected chi connectivity index (χ4v) is 3.08. The Kier molecular flexibility index (Phi) is 7.39. The van der Waals surface area contributed by atoms with E-state index in [2.05, 4.69) is 32.2 Å². The Morgan fingerprint density at radius 2 is 1.81 bits per heavy atom. The first-order valence-corrected chi connectivity index (χ1v) is 9.80. The van der Waals surface area contributed by atoms with Gasteiger partial charge >= 0.3 is 0 Å². The Hall–Kier alpha value is -2.37. The molecule has 0 atom stereocenters. The van der Waals surface area contributed by atoms with Gasteiger partial charge in [0.2, 0.25) is 0 Å². The Morgan fingerprint density at radius 3 is 2.37 bits per heavy atom. The number of anilines is 2. The zero-order valence-corrected chi connectivity index (χ0v) is 17.8. The SMILES string of the molecule is CCCCCOc1nc(CC)c(-c2c(C)cc(N(C)C)nc2C)nc1NC. The number of unbranched alkanes of at least 4 members (excludes halogenated alkanes) is 2. The molecule has 6 nitrogen and oxygen atoms in total. The van der Waals surface area contributed by atoms with Gasteiger partial charge in [-0.3, -0.25) is 0 Å². The molecule has 27 heavy (non-hydrogen) atoms. The number of aryl methyl sites for hydroxylation is 3. The van der Waals surface area contributed by atoms with Gasteiger partial charge in [-0.15, -0.1) is 0 Å². The Bertz CT molecular complexity index is 750. The molecule has 1 N–H and O–H groups in total. The van der Waals surface area contributed by atoms with E-state index in [1.54, 1.807) is 0 Å². The lowest BCUT2D eigenvalue weighted by atomic mass is 10.0. The standard InChI is InChI=1S/C21H33N5O/c1-8-10-11-12-27-21-20(22-5)25-19(16(9-2)24-21)18-14(3)13-17(26(6)7)23-15(18)4/h13H,8-12H2,1-7H3,(H,22,25). The van der Waals surface area contributed by atoms with Crippen LogP contribution in [0.4, 0.5) is 11.6 Å². The summed E-state index contributed by atoms with van der Waals surface area (Å²) < 4.78 is 5.92. The summed E-state index contributed by atoms with van der Waals surface area (Å²) in [4.78, 5) is 16.4. The molecule has 0 aliphatic heterocycles. The number of nitrogens with one attached hydrogen (secondary N) is 1. The van der Waals surface area contributed by atoms with Crippen molar-refractivity contribution < 1.29 is 4.74 Å². The van der Waals surface area contributed by atoms with Crippen LogP contribution in [0.3, 0.4) is 0 Å². The van der Waals surface area contributed by atoms with E-state index in [0.29, 0.717) is 18.3 Å². The van der Waals surface area contributed by atoms with Crippen molar-refractivity contribution in [1.82, 2.24) is 15.0 Å². The summed E-state index contributed by atoms with van der Waals surface area (Å²) in [5.74, 6) is 2.21. The molecule has 0 saturated carbocycles. The average molecular weight is 372 g/mol. The molecule has 2 aromatic heterocycles. The Balaban J connectivity index is 2.48. The summed E-state index contributed by atoms with van der Waals surface area (Å²) in [5, 5.41) is 3.14. The molecule has 0 aliphatic rings. The highest BCUT2D eigenvalue weighted by Crippen LogP contribution is 2.33. The third-order valence-corrected chi connectivity index (χ3v) is 4.57. The molecule has 0 amide bonds. The van der Waals surface area contributed by atoms with Crippen LogP contribution in [0.2, 0.25) is 0 Å². The number of aromatic nitrogens is 3. The quantitative estimate of drug-likeness (QED) is 0.659. The summed E-state index contributed by atoms with van der Waals surface area (Å²) in [6.07, 6.45) is 4.13. The van der Waals surface area contributed by atoms with Crippen LogP contribution < -0.4 is 15.0 Å². The van der Waals surface area contributed by atoms with Crippen LogP contribution in [0.15, 0.2) is 6.07 Å². The van der Waals surface area contributed by atoms with Gasteiger partial charge in [-0.2, -0.15) is 0 Å². The summed E-state index contributed by atoms with van der Waals surface area (Å²) >= 11 is 0. The molecule has 0 bridgehead atoms. The molecule has 6 heteroatoms. The van der Waals surface area contributed by atoms with E-state index in [4.69, 9.17) is 19.7 Å². The van der Waals surface area contributed by atoms with Crippen LogP contribution in [0, 0.1) is 13.8 Å². The first kappa shape index (κ1) is 20.9. The van der Waals surface area contributed by atoms with E-state index in [9.17, 15) is 0 Å². The van der Waals surface area contributed by atoms with Crippen molar-refractivity contribution in [1.29, 1.82) is 0 Å². The van der Waals surface area contributed by atoms with Gasteiger partial charge in [0, 0.05) is 32.4 Å². The highest BCUT2D eigenvalue weighted by atomic mass is 16.5. The van der Waals surface area contributed by atoms with E-state index in [-0.39, 0.29) is 0 Å². The second-order valence-electron chi connectivity index (χ2n) is 6.98. The van der Waals surface area contributed by atoms with Gasteiger partial charge in [-0.25, -0.2) is 15.0 Å². The number of ether oxygens (including phenoxy) is 1. The molecular weight excluding hydrogens is 338 g/mol. The van der Waals surface area contributed by atoms with Crippen LogP contribution in [-0.4, -0.2) is 42.7 Å². The molecule has 2 rings (SSSR count). The van der Waals surface area contributed by atoms with Crippen molar-refractivity contribution in [3.63, 3.8) is 0 Å². The first-order valence-electron chi connectivity index (χ1n) is 9.80. The number of rotatable bonds is 9. The second-order valence-corrected chi connectivity index (χ2v) is 6.98. The van der Waals surface area contributed by atoms with E-state index in [0.717, 1.165) is 53.3 Å². The highest BCUT2D eigenvalue weighted by Gasteiger charge is 2.19. The maximum absolute atomic E-state index is 5.92. The third kappa shape index (κ3) is 4.87. The molecule has 0 aliphatic carbocycles. The third-order valence-electron chi connectivity index (χ3n) is 4.57.